The molecule has 0 aliphatic rings. The molecule has 4 nitrogen and oxygen atoms in total. The molecule has 0 radical (unpaired) electrons. The highest BCUT2D eigenvalue weighted by Crippen LogP contribution is 1.98. The zero-order valence-corrected chi connectivity index (χ0v) is 6.92. The Morgan fingerprint density at radius 3 is 1.46 bits per heavy atom. The van der Waals surface area contributed by atoms with Crippen molar-refractivity contribution in [3.8, 4) is 0 Å². The van der Waals surface area contributed by atoms with Gasteiger partial charge in [-0.1, -0.05) is 0 Å². The van der Waals surface area contributed by atoms with Crippen molar-refractivity contribution in [1.82, 2.24) is 0 Å². The predicted octanol–water partition coefficient (Wildman–Crippen LogP) is 0.421. The van der Waals surface area contributed by atoms with Gasteiger partial charge < -0.3 is 0 Å². The summed E-state index contributed by atoms with van der Waals surface area (Å²) in [5, 5.41) is -3.45. The normalized spacial score (nSPS) is 12.5. The standard InChI is InChI=1S/C6H4F2O4S/c7-3-1-5(9)13(11,12)6(10)2-4-8/h1-4H. The summed E-state index contributed by atoms with van der Waals surface area (Å²) in [6, 6.07) is 0. The fraction of sp³-hybridized carbons (Fsp3) is 0. The molecule has 0 unspecified atom stereocenters. The highest BCUT2D eigenvalue weighted by Gasteiger charge is 2.26. The van der Waals surface area contributed by atoms with Crippen LogP contribution in [0.3, 0.4) is 0 Å². The molecule has 0 aliphatic heterocycles. The van der Waals surface area contributed by atoms with Gasteiger partial charge in [0.15, 0.2) is 0 Å². The van der Waals surface area contributed by atoms with Crippen LogP contribution in [0.1, 0.15) is 0 Å². The first-order chi connectivity index (χ1) is 5.96. The Morgan fingerprint density at radius 2 is 1.23 bits per heavy atom. The molecule has 0 amide bonds. The fourth-order valence-corrected chi connectivity index (χ4v) is 1.04. The minimum atomic E-state index is -4.79. The van der Waals surface area contributed by atoms with Crippen molar-refractivity contribution < 1.29 is 26.8 Å². The van der Waals surface area contributed by atoms with Crippen LogP contribution in [-0.4, -0.2) is 18.6 Å². The predicted molar refractivity (Wildman–Crippen MR) is 39.4 cm³/mol. The second-order valence-corrected chi connectivity index (χ2v) is 3.54. The highest BCUT2D eigenvalue weighted by molar-refractivity contribution is 8.19. The summed E-state index contributed by atoms with van der Waals surface area (Å²) in [5.74, 6) is 0. The molecule has 0 atom stereocenters. The van der Waals surface area contributed by atoms with Crippen LogP contribution in [-0.2, 0) is 19.4 Å². The number of halogens is 2. The molecule has 0 saturated heterocycles. The first kappa shape index (κ1) is 11.6. The van der Waals surface area contributed by atoms with Crippen LogP contribution in [0.4, 0.5) is 8.78 Å². The second-order valence-electron chi connectivity index (χ2n) is 1.73. The van der Waals surface area contributed by atoms with Gasteiger partial charge in [-0.25, -0.2) is 17.2 Å². The first-order valence-corrected chi connectivity index (χ1v) is 4.31. The van der Waals surface area contributed by atoms with Gasteiger partial charge >= 0.3 is 0 Å². The van der Waals surface area contributed by atoms with Gasteiger partial charge in [-0.15, -0.1) is 0 Å². The van der Waals surface area contributed by atoms with E-state index in [4.69, 9.17) is 0 Å². The molecule has 0 fully saturated rings. The molecule has 0 rings (SSSR count). The van der Waals surface area contributed by atoms with Crippen LogP contribution in [0.2, 0.25) is 0 Å². The van der Waals surface area contributed by atoms with Crippen molar-refractivity contribution in [1.29, 1.82) is 0 Å². The number of rotatable bonds is 2. The van der Waals surface area contributed by atoms with Crippen molar-refractivity contribution in [2.24, 2.45) is 0 Å². The second kappa shape index (κ2) is 4.61. The minimum absolute atomic E-state index is 0.0549. The Kier molecular flexibility index (Phi) is 4.12. The van der Waals surface area contributed by atoms with Crippen LogP contribution in [0.25, 0.3) is 0 Å². The molecule has 72 valence electrons. The van der Waals surface area contributed by atoms with Crippen LogP contribution in [0.15, 0.2) is 24.8 Å². The van der Waals surface area contributed by atoms with Gasteiger partial charge in [-0.2, -0.15) is 0 Å². The zero-order valence-electron chi connectivity index (χ0n) is 6.11. The van der Waals surface area contributed by atoms with Gasteiger partial charge in [0.25, 0.3) is 20.1 Å². The van der Waals surface area contributed by atoms with E-state index in [0.29, 0.717) is 0 Å². The van der Waals surface area contributed by atoms with E-state index >= 15 is 0 Å². The van der Waals surface area contributed by atoms with Crippen molar-refractivity contribution >= 4 is 20.1 Å². The Labute approximate surface area is 72.5 Å². The maximum atomic E-state index is 11.4. The molecular weight excluding hydrogens is 206 g/mol. The lowest BCUT2D eigenvalue weighted by Crippen LogP contribution is -2.20. The Bertz CT molecular complexity index is 336. The summed E-state index contributed by atoms with van der Waals surface area (Å²) in [5.41, 5.74) is 0. The summed E-state index contributed by atoms with van der Waals surface area (Å²) in [7, 11) is -4.79. The van der Waals surface area contributed by atoms with E-state index in [1.165, 1.54) is 0 Å². The lowest BCUT2D eigenvalue weighted by Gasteiger charge is -1.91. The Hall–Kier alpha value is -1.37. The van der Waals surface area contributed by atoms with E-state index in [1.54, 1.807) is 0 Å². The molecule has 0 heterocycles. The van der Waals surface area contributed by atoms with Crippen LogP contribution < -0.4 is 0 Å². The van der Waals surface area contributed by atoms with Crippen molar-refractivity contribution in [3.05, 3.63) is 24.8 Å². The molecule has 0 bridgehead atoms. The fourth-order valence-electron chi connectivity index (χ4n) is 0.381. The van der Waals surface area contributed by atoms with Crippen molar-refractivity contribution in [2.45, 2.75) is 0 Å². The largest absolute Gasteiger partial charge is 0.281 e. The van der Waals surface area contributed by atoms with E-state index in [1.807, 2.05) is 0 Å². The summed E-state index contributed by atoms with van der Waals surface area (Å²) in [6.45, 7) is 0. The molecule has 0 aromatic carbocycles. The lowest BCUT2D eigenvalue weighted by molar-refractivity contribution is -0.110. The Balaban J connectivity index is 5.00. The summed E-state index contributed by atoms with van der Waals surface area (Å²) in [6.07, 6.45) is -0.544. The SMILES string of the molecule is O=C(C=CF)S(=O)(=O)C(=O)C=CF. The quantitative estimate of drug-likeness (QED) is 0.619. The van der Waals surface area contributed by atoms with Crippen molar-refractivity contribution in [2.75, 3.05) is 0 Å². The van der Waals surface area contributed by atoms with Gasteiger partial charge in [0.2, 0.25) is 0 Å². The lowest BCUT2D eigenvalue weighted by atomic mass is 10.7. The monoisotopic (exact) mass is 210 g/mol. The molecule has 0 aromatic heterocycles. The molecular formula is C6H4F2O4S. The third-order valence-electron chi connectivity index (χ3n) is 0.928. The highest BCUT2D eigenvalue weighted by atomic mass is 32.2. The minimum Gasteiger partial charge on any atom is -0.276 e. The smallest absolute Gasteiger partial charge is 0.276 e. The van der Waals surface area contributed by atoms with E-state index in [-0.39, 0.29) is 24.8 Å². The van der Waals surface area contributed by atoms with Gasteiger partial charge in [0, 0.05) is 12.2 Å². The average Bonchev–Trinajstić information content (AvgIpc) is 2.05. The molecule has 7 heteroatoms. The molecule has 13 heavy (non-hydrogen) atoms. The number of hydrogen-bond acceptors (Lipinski definition) is 4. The first-order valence-electron chi connectivity index (χ1n) is 2.83. The third kappa shape index (κ3) is 2.86. The van der Waals surface area contributed by atoms with Gasteiger partial charge in [0.1, 0.15) is 0 Å². The van der Waals surface area contributed by atoms with Crippen LogP contribution >= 0.6 is 0 Å². The number of hydrogen-bond donors (Lipinski definition) is 0. The maximum absolute atomic E-state index is 11.4. The zero-order chi connectivity index (χ0) is 10.5. The van der Waals surface area contributed by atoms with Crippen LogP contribution in [0.5, 0.6) is 0 Å². The summed E-state index contributed by atoms with van der Waals surface area (Å²) < 4.78 is 44.1. The maximum Gasteiger partial charge on any atom is 0.281 e. The van der Waals surface area contributed by atoms with Crippen LogP contribution in [0, 0.1) is 0 Å². The average molecular weight is 210 g/mol. The third-order valence-corrected chi connectivity index (χ3v) is 2.26. The van der Waals surface area contributed by atoms with E-state index in [2.05, 4.69) is 0 Å². The van der Waals surface area contributed by atoms with E-state index in [9.17, 15) is 26.8 Å². The molecule has 0 spiro atoms. The number of carbonyl (C=O) groups excluding carboxylic acids is 2. The number of carbonyl (C=O) groups is 2. The summed E-state index contributed by atoms with van der Waals surface area (Å²) in [4.78, 5) is 21.0. The Morgan fingerprint density at radius 1 is 0.923 bits per heavy atom. The molecule has 0 N–H and O–H groups in total. The van der Waals surface area contributed by atoms with E-state index < -0.39 is 20.1 Å². The summed E-state index contributed by atoms with van der Waals surface area (Å²) >= 11 is 0. The van der Waals surface area contributed by atoms with Gasteiger partial charge in [-0.3, -0.25) is 9.59 Å². The number of sulfone groups is 1. The van der Waals surface area contributed by atoms with Gasteiger partial charge in [-0.05, 0) is 0 Å². The molecule has 0 aliphatic carbocycles. The van der Waals surface area contributed by atoms with E-state index in [0.717, 1.165) is 0 Å². The van der Waals surface area contributed by atoms with Crippen molar-refractivity contribution in [3.63, 3.8) is 0 Å². The molecule has 0 saturated carbocycles. The van der Waals surface area contributed by atoms with Gasteiger partial charge in [0.05, 0.1) is 12.7 Å². The topological polar surface area (TPSA) is 68.3 Å². The molecule has 0 aromatic rings.